The van der Waals surface area contributed by atoms with Crippen molar-refractivity contribution in [3.8, 4) is 0 Å². The number of thiophene rings is 1. The molecule has 0 aliphatic heterocycles. The van der Waals surface area contributed by atoms with Gasteiger partial charge >= 0.3 is 5.97 Å². The van der Waals surface area contributed by atoms with Gasteiger partial charge in [0.15, 0.2) is 0 Å². The van der Waals surface area contributed by atoms with E-state index in [9.17, 15) is 9.59 Å². The molecule has 1 heterocycles. The van der Waals surface area contributed by atoms with E-state index in [0.717, 1.165) is 20.4 Å². The van der Waals surface area contributed by atoms with Crippen molar-refractivity contribution in [3.63, 3.8) is 0 Å². The summed E-state index contributed by atoms with van der Waals surface area (Å²) >= 11 is 8.19. The number of aliphatic carboxylic acids is 1. The van der Waals surface area contributed by atoms with Gasteiger partial charge in [-0.3, -0.25) is 9.59 Å². The number of carbonyl (C=O) groups excluding carboxylic acids is 1. The minimum absolute atomic E-state index is 0.0841. The predicted molar refractivity (Wildman–Crippen MR) is 85.1 cm³/mol. The Morgan fingerprint density at radius 1 is 1.30 bits per heavy atom. The molecule has 1 aromatic rings. The van der Waals surface area contributed by atoms with E-state index in [-0.39, 0.29) is 11.8 Å². The SMILES string of the molecule is O=C(NCC1CCC(C(=O)O)CC1)c1cc(Br)sc1Br. The Bertz CT molecular complexity index is 510. The van der Waals surface area contributed by atoms with E-state index in [0.29, 0.717) is 30.9 Å². The van der Waals surface area contributed by atoms with Gasteiger partial charge in [0.05, 0.1) is 19.1 Å². The van der Waals surface area contributed by atoms with Crippen LogP contribution in [0.5, 0.6) is 0 Å². The summed E-state index contributed by atoms with van der Waals surface area (Å²) in [5.74, 6) is -0.599. The van der Waals surface area contributed by atoms with E-state index in [2.05, 4.69) is 37.2 Å². The van der Waals surface area contributed by atoms with Crippen molar-refractivity contribution in [3.05, 3.63) is 19.2 Å². The van der Waals surface area contributed by atoms with Crippen LogP contribution in [0.15, 0.2) is 13.6 Å². The summed E-state index contributed by atoms with van der Waals surface area (Å²) in [5.41, 5.74) is 0.640. The smallest absolute Gasteiger partial charge is 0.306 e. The summed E-state index contributed by atoms with van der Waals surface area (Å²) in [7, 11) is 0. The van der Waals surface area contributed by atoms with Crippen LogP contribution in [-0.2, 0) is 4.79 Å². The highest BCUT2D eigenvalue weighted by Gasteiger charge is 2.26. The zero-order valence-corrected chi connectivity index (χ0v) is 14.7. The maximum atomic E-state index is 12.0. The van der Waals surface area contributed by atoms with Crippen molar-refractivity contribution in [1.82, 2.24) is 5.32 Å². The molecule has 0 unspecified atom stereocenters. The van der Waals surface area contributed by atoms with Crippen LogP contribution in [0.25, 0.3) is 0 Å². The number of carboxylic acids is 1. The lowest BCUT2D eigenvalue weighted by Crippen LogP contribution is -2.32. The molecular formula is C13H15Br2NO3S. The van der Waals surface area contributed by atoms with Crippen molar-refractivity contribution >= 4 is 55.1 Å². The van der Waals surface area contributed by atoms with Crippen molar-refractivity contribution < 1.29 is 14.7 Å². The van der Waals surface area contributed by atoms with Gasteiger partial charge in [-0.25, -0.2) is 0 Å². The number of rotatable bonds is 4. The van der Waals surface area contributed by atoms with Crippen LogP contribution in [-0.4, -0.2) is 23.5 Å². The number of carbonyl (C=O) groups is 2. The van der Waals surface area contributed by atoms with Crippen LogP contribution >= 0.6 is 43.2 Å². The Balaban J connectivity index is 1.80. The highest BCUT2D eigenvalue weighted by atomic mass is 79.9. The molecule has 2 N–H and O–H groups in total. The Morgan fingerprint density at radius 3 is 2.45 bits per heavy atom. The average molecular weight is 425 g/mol. The van der Waals surface area contributed by atoms with Crippen molar-refractivity contribution in [1.29, 1.82) is 0 Å². The summed E-state index contributed by atoms with van der Waals surface area (Å²) in [6.45, 7) is 0.616. The largest absolute Gasteiger partial charge is 0.481 e. The molecule has 110 valence electrons. The number of carboxylic acid groups (broad SMARTS) is 1. The van der Waals surface area contributed by atoms with E-state index in [1.54, 1.807) is 6.07 Å². The zero-order valence-electron chi connectivity index (χ0n) is 10.7. The molecule has 2 rings (SSSR count). The second kappa shape index (κ2) is 7.04. The van der Waals surface area contributed by atoms with Gasteiger partial charge in [0.25, 0.3) is 5.91 Å². The third kappa shape index (κ3) is 4.05. The maximum absolute atomic E-state index is 12.0. The number of hydrogen-bond acceptors (Lipinski definition) is 3. The lowest BCUT2D eigenvalue weighted by atomic mass is 9.82. The van der Waals surface area contributed by atoms with E-state index in [1.807, 2.05) is 0 Å². The lowest BCUT2D eigenvalue weighted by Gasteiger charge is -2.26. The predicted octanol–water partition coefficient (Wildman–Crippen LogP) is 3.89. The third-order valence-corrected chi connectivity index (χ3v) is 5.99. The van der Waals surface area contributed by atoms with Gasteiger partial charge in [-0.2, -0.15) is 0 Å². The quantitative estimate of drug-likeness (QED) is 0.770. The fourth-order valence-electron chi connectivity index (χ4n) is 2.44. The second-order valence-corrected chi connectivity index (χ2v) is 8.75. The average Bonchev–Trinajstić information content (AvgIpc) is 2.75. The van der Waals surface area contributed by atoms with Gasteiger partial charge in [0.2, 0.25) is 0 Å². The van der Waals surface area contributed by atoms with E-state index >= 15 is 0 Å². The Morgan fingerprint density at radius 2 is 1.95 bits per heavy atom. The first-order valence-corrected chi connectivity index (χ1v) is 8.83. The Hall–Kier alpha value is -0.400. The van der Waals surface area contributed by atoms with Gasteiger partial charge in [-0.05, 0) is 69.5 Å². The monoisotopic (exact) mass is 423 g/mol. The summed E-state index contributed by atoms with van der Waals surface area (Å²) in [5, 5.41) is 11.9. The van der Waals surface area contributed by atoms with Gasteiger partial charge in [-0.15, -0.1) is 11.3 Å². The van der Waals surface area contributed by atoms with Crippen molar-refractivity contribution in [2.75, 3.05) is 6.54 Å². The lowest BCUT2D eigenvalue weighted by molar-refractivity contribution is -0.143. The van der Waals surface area contributed by atoms with Gasteiger partial charge in [0, 0.05) is 6.54 Å². The second-order valence-electron chi connectivity index (χ2n) is 5.00. The van der Waals surface area contributed by atoms with Crippen molar-refractivity contribution in [2.45, 2.75) is 25.7 Å². The molecule has 1 amide bonds. The number of nitrogens with one attached hydrogen (secondary N) is 1. The van der Waals surface area contributed by atoms with Crippen LogP contribution in [0, 0.1) is 11.8 Å². The number of hydrogen-bond donors (Lipinski definition) is 2. The molecule has 0 atom stereocenters. The fourth-order valence-corrected chi connectivity index (χ4v) is 5.23. The van der Waals surface area contributed by atoms with Crippen LogP contribution in [0.4, 0.5) is 0 Å². The highest BCUT2D eigenvalue weighted by Crippen LogP contribution is 2.32. The van der Waals surface area contributed by atoms with E-state index in [4.69, 9.17) is 5.11 Å². The fraction of sp³-hybridized carbons (Fsp3) is 0.538. The molecule has 0 spiro atoms. The molecule has 1 fully saturated rings. The summed E-state index contributed by atoms with van der Waals surface area (Å²) in [6.07, 6.45) is 3.16. The molecule has 1 saturated carbocycles. The first-order chi connectivity index (χ1) is 9.47. The van der Waals surface area contributed by atoms with Gasteiger partial charge in [0.1, 0.15) is 0 Å². The van der Waals surface area contributed by atoms with Gasteiger partial charge < -0.3 is 10.4 Å². The first-order valence-electron chi connectivity index (χ1n) is 6.43. The molecule has 0 saturated heterocycles. The van der Waals surface area contributed by atoms with E-state index in [1.165, 1.54) is 11.3 Å². The minimum Gasteiger partial charge on any atom is -0.481 e. The van der Waals surface area contributed by atoms with Crippen molar-refractivity contribution in [2.24, 2.45) is 11.8 Å². The molecule has 1 aliphatic carbocycles. The van der Waals surface area contributed by atoms with Crippen LogP contribution in [0.2, 0.25) is 0 Å². The molecule has 0 radical (unpaired) electrons. The van der Waals surface area contributed by atoms with Crippen LogP contribution in [0.3, 0.4) is 0 Å². The first kappa shape index (κ1) is 16.0. The molecule has 1 aliphatic rings. The molecule has 4 nitrogen and oxygen atoms in total. The summed E-state index contributed by atoms with van der Waals surface area (Å²) < 4.78 is 1.73. The number of amides is 1. The highest BCUT2D eigenvalue weighted by molar-refractivity contribution is 9.12. The van der Waals surface area contributed by atoms with E-state index < -0.39 is 5.97 Å². The molecule has 0 aromatic carbocycles. The Kier molecular flexibility index (Phi) is 5.63. The van der Waals surface area contributed by atoms with Crippen LogP contribution in [0.1, 0.15) is 36.0 Å². The maximum Gasteiger partial charge on any atom is 0.306 e. The topological polar surface area (TPSA) is 66.4 Å². The minimum atomic E-state index is -0.695. The molecule has 20 heavy (non-hydrogen) atoms. The summed E-state index contributed by atoms with van der Waals surface area (Å²) in [4.78, 5) is 22.9. The molecule has 1 aromatic heterocycles. The Labute approximate surface area is 138 Å². The summed E-state index contributed by atoms with van der Waals surface area (Å²) in [6, 6.07) is 1.80. The normalized spacial score (nSPS) is 22.5. The molecule has 7 heteroatoms. The van der Waals surface area contributed by atoms with Gasteiger partial charge in [-0.1, -0.05) is 0 Å². The third-order valence-electron chi connectivity index (χ3n) is 3.65. The zero-order chi connectivity index (χ0) is 14.7. The molecular weight excluding hydrogens is 410 g/mol. The molecule has 0 bridgehead atoms. The van der Waals surface area contributed by atoms with Crippen LogP contribution < -0.4 is 5.32 Å². The number of halogens is 2. The standard InChI is InChI=1S/C13H15Br2NO3S/c14-10-5-9(11(15)20-10)12(17)16-6-7-1-3-8(4-2-7)13(18)19/h5,7-8H,1-4,6H2,(H,16,17)(H,18,19).